The van der Waals surface area contributed by atoms with Crippen LogP contribution < -0.4 is 11.1 Å². The Labute approximate surface area is 132 Å². The maximum Gasteiger partial charge on any atom is 0.118 e. The molecule has 0 aliphatic heterocycles. The zero-order valence-electron chi connectivity index (χ0n) is 13.3. The summed E-state index contributed by atoms with van der Waals surface area (Å²) in [6, 6.07) is 6.28. The summed E-state index contributed by atoms with van der Waals surface area (Å²) in [5, 5.41) is 13.6. The predicted molar refractivity (Wildman–Crippen MR) is 90.5 cm³/mol. The molecule has 2 atom stereocenters. The first-order valence-corrected chi connectivity index (χ1v) is 7.97. The third kappa shape index (κ3) is 2.81. The van der Waals surface area contributed by atoms with Crippen molar-refractivity contribution in [3.63, 3.8) is 0 Å². The van der Waals surface area contributed by atoms with Crippen LogP contribution in [0.4, 0.5) is 0 Å². The molecule has 0 saturated carbocycles. The van der Waals surface area contributed by atoms with E-state index in [1.807, 2.05) is 19.1 Å². The van der Waals surface area contributed by atoms with E-state index in [4.69, 9.17) is 5.73 Å². The molecule has 0 radical (unpaired) electrons. The Morgan fingerprint density at radius 2 is 2.18 bits per heavy atom. The summed E-state index contributed by atoms with van der Waals surface area (Å²) in [6.07, 6.45) is 9.64. The largest absolute Gasteiger partial charge is 0.508 e. The van der Waals surface area contributed by atoms with Crippen molar-refractivity contribution in [1.29, 1.82) is 0 Å². The van der Waals surface area contributed by atoms with Gasteiger partial charge in [0.25, 0.3) is 0 Å². The lowest BCUT2D eigenvalue weighted by molar-refractivity contribution is 0.463. The number of hydrogen-bond acceptors (Lipinski definition) is 3. The van der Waals surface area contributed by atoms with Crippen molar-refractivity contribution in [2.45, 2.75) is 45.2 Å². The Balaban J connectivity index is 1.80. The summed E-state index contributed by atoms with van der Waals surface area (Å²) in [6.45, 7) is 4.04. The molecule has 2 unspecified atom stereocenters. The van der Waals surface area contributed by atoms with Gasteiger partial charge >= 0.3 is 0 Å². The van der Waals surface area contributed by atoms with E-state index in [0.29, 0.717) is 5.75 Å². The van der Waals surface area contributed by atoms with Gasteiger partial charge in [-0.1, -0.05) is 30.4 Å². The molecule has 0 heterocycles. The number of aryl methyl sites for hydroxylation is 1. The molecule has 0 aromatic heterocycles. The smallest absolute Gasteiger partial charge is 0.118 e. The SMILES string of the molecule is Cc1ccc(C(C)NC2CC=CC3=C2C(N)=CCC3)cc1O. The van der Waals surface area contributed by atoms with E-state index < -0.39 is 0 Å². The zero-order valence-corrected chi connectivity index (χ0v) is 13.3. The van der Waals surface area contributed by atoms with E-state index in [0.717, 1.165) is 36.1 Å². The third-order valence-corrected chi connectivity index (χ3v) is 4.66. The van der Waals surface area contributed by atoms with Gasteiger partial charge in [0.1, 0.15) is 5.75 Å². The lowest BCUT2D eigenvalue weighted by Crippen LogP contribution is -2.37. The number of allylic oxidation sites excluding steroid dienone is 3. The molecule has 0 fully saturated rings. The number of benzene rings is 1. The van der Waals surface area contributed by atoms with Crippen molar-refractivity contribution in [1.82, 2.24) is 5.32 Å². The number of phenols is 1. The standard InChI is InChI=1S/C19H24N2O/c1-12-9-10-15(11-18(12)22)13(2)21-17-8-4-6-14-5-3-7-16(20)19(14)17/h4,6-7,9-11,13,17,21-22H,3,5,8,20H2,1-2H3. The van der Waals surface area contributed by atoms with Gasteiger partial charge in [0.15, 0.2) is 0 Å². The number of nitrogens with two attached hydrogens (primary N) is 1. The maximum atomic E-state index is 9.91. The minimum atomic E-state index is 0.159. The van der Waals surface area contributed by atoms with E-state index in [1.54, 1.807) is 0 Å². The Kier molecular flexibility index (Phi) is 4.08. The van der Waals surface area contributed by atoms with Gasteiger partial charge in [0.05, 0.1) is 0 Å². The van der Waals surface area contributed by atoms with Gasteiger partial charge in [-0.05, 0) is 61.4 Å². The minimum Gasteiger partial charge on any atom is -0.508 e. The number of hydrogen-bond donors (Lipinski definition) is 3. The van der Waals surface area contributed by atoms with Crippen LogP contribution in [0.15, 0.2) is 53.3 Å². The molecular formula is C19H24N2O. The molecule has 2 aliphatic carbocycles. The first-order valence-electron chi connectivity index (χ1n) is 7.97. The van der Waals surface area contributed by atoms with Crippen molar-refractivity contribution >= 4 is 0 Å². The van der Waals surface area contributed by atoms with Gasteiger partial charge in [0, 0.05) is 17.8 Å². The fourth-order valence-electron chi connectivity index (χ4n) is 3.32. The Morgan fingerprint density at radius 1 is 1.36 bits per heavy atom. The maximum absolute atomic E-state index is 9.91. The minimum absolute atomic E-state index is 0.159. The molecule has 2 aliphatic rings. The topological polar surface area (TPSA) is 58.3 Å². The highest BCUT2D eigenvalue weighted by atomic mass is 16.3. The van der Waals surface area contributed by atoms with Crippen molar-refractivity contribution in [2.24, 2.45) is 5.73 Å². The summed E-state index contributed by atoms with van der Waals surface area (Å²) in [4.78, 5) is 0. The van der Waals surface area contributed by atoms with Crippen LogP contribution in [0.25, 0.3) is 0 Å². The van der Waals surface area contributed by atoms with Crippen molar-refractivity contribution < 1.29 is 5.11 Å². The number of rotatable bonds is 3. The second kappa shape index (κ2) is 6.01. The monoisotopic (exact) mass is 296 g/mol. The van der Waals surface area contributed by atoms with Crippen LogP contribution in [0, 0.1) is 6.92 Å². The van der Waals surface area contributed by atoms with E-state index in [-0.39, 0.29) is 12.1 Å². The molecule has 1 aromatic carbocycles. The summed E-state index contributed by atoms with van der Waals surface area (Å²) in [7, 11) is 0. The second-order valence-corrected chi connectivity index (χ2v) is 6.26. The third-order valence-electron chi connectivity index (χ3n) is 4.66. The van der Waals surface area contributed by atoms with Gasteiger partial charge < -0.3 is 16.2 Å². The number of aromatic hydroxyl groups is 1. The lowest BCUT2D eigenvalue weighted by atomic mass is 9.84. The average molecular weight is 296 g/mol. The van der Waals surface area contributed by atoms with E-state index in [1.165, 1.54) is 11.1 Å². The molecule has 1 aromatic rings. The number of phenolic OH excluding ortho intramolecular Hbond substituents is 1. The average Bonchev–Trinajstić information content (AvgIpc) is 2.50. The van der Waals surface area contributed by atoms with Gasteiger partial charge in [0.2, 0.25) is 0 Å². The molecule has 0 amide bonds. The van der Waals surface area contributed by atoms with Crippen LogP contribution in [0.2, 0.25) is 0 Å². The molecule has 0 bridgehead atoms. The second-order valence-electron chi connectivity index (χ2n) is 6.26. The molecule has 116 valence electrons. The van der Waals surface area contributed by atoms with Crippen molar-refractivity contribution in [3.8, 4) is 5.75 Å². The lowest BCUT2D eigenvalue weighted by Gasteiger charge is -2.31. The van der Waals surface area contributed by atoms with Gasteiger partial charge in [-0.2, -0.15) is 0 Å². The van der Waals surface area contributed by atoms with Crippen LogP contribution in [0.3, 0.4) is 0 Å². The summed E-state index contributed by atoms with van der Waals surface area (Å²) in [5.74, 6) is 0.353. The summed E-state index contributed by atoms with van der Waals surface area (Å²) >= 11 is 0. The molecule has 3 rings (SSSR count). The van der Waals surface area contributed by atoms with Crippen LogP contribution in [0.5, 0.6) is 5.75 Å². The van der Waals surface area contributed by atoms with Gasteiger partial charge in [-0.3, -0.25) is 0 Å². The highest BCUT2D eigenvalue weighted by molar-refractivity contribution is 5.47. The van der Waals surface area contributed by atoms with E-state index >= 15 is 0 Å². The van der Waals surface area contributed by atoms with Crippen LogP contribution in [-0.4, -0.2) is 11.1 Å². The predicted octanol–water partition coefficient (Wildman–Crippen LogP) is 3.61. The summed E-state index contributed by atoms with van der Waals surface area (Å²) < 4.78 is 0. The Morgan fingerprint density at radius 3 is 2.95 bits per heavy atom. The van der Waals surface area contributed by atoms with Crippen molar-refractivity contribution in [3.05, 3.63) is 64.4 Å². The van der Waals surface area contributed by atoms with E-state index in [2.05, 4.69) is 36.5 Å². The molecule has 3 nitrogen and oxygen atoms in total. The summed E-state index contributed by atoms with van der Waals surface area (Å²) in [5.41, 5.74) is 11.8. The molecule has 0 saturated heterocycles. The molecular weight excluding hydrogens is 272 g/mol. The zero-order chi connectivity index (χ0) is 15.7. The van der Waals surface area contributed by atoms with Crippen LogP contribution in [-0.2, 0) is 0 Å². The van der Waals surface area contributed by atoms with E-state index in [9.17, 15) is 5.11 Å². The molecule has 3 heteroatoms. The van der Waals surface area contributed by atoms with Crippen molar-refractivity contribution in [2.75, 3.05) is 0 Å². The quantitative estimate of drug-likeness (QED) is 0.798. The van der Waals surface area contributed by atoms with Gasteiger partial charge in [-0.25, -0.2) is 0 Å². The molecule has 0 spiro atoms. The first-order chi connectivity index (χ1) is 10.6. The Hall–Kier alpha value is -2.00. The number of nitrogens with one attached hydrogen (secondary N) is 1. The molecule has 4 N–H and O–H groups in total. The highest BCUT2D eigenvalue weighted by Crippen LogP contribution is 2.32. The van der Waals surface area contributed by atoms with Crippen LogP contribution >= 0.6 is 0 Å². The van der Waals surface area contributed by atoms with Gasteiger partial charge in [-0.15, -0.1) is 0 Å². The fourth-order valence-corrected chi connectivity index (χ4v) is 3.32. The first kappa shape index (κ1) is 14.9. The normalized spacial score (nSPS) is 22.3. The fraction of sp³-hybridized carbons (Fsp3) is 0.368. The Bertz CT molecular complexity index is 670. The highest BCUT2D eigenvalue weighted by Gasteiger charge is 2.25. The van der Waals surface area contributed by atoms with Crippen LogP contribution in [0.1, 0.15) is 43.4 Å². The molecule has 22 heavy (non-hydrogen) atoms.